The molecule has 2 heterocycles. The van der Waals surface area contributed by atoms with Gasteiger partial charge in [-0.3, -0.25) is 0 Å². The molecule has 692 valence electrons. The fourth-order valence-electron chi connectivity index (χ4n) is 23.1. The van der Waals surface area contributed by atoms with Crippen LogP contribution in [0, 0.1) is 0 Å². The molecule has 2 aromatic heterocycles. The third-order valence-electron chi connectivity index (χ3n) is 29.9. The van der Waals surface area contributed by atoms with Crippen LogP contribution in [-0.4, -0.2) is 9.13 Å². The van der Waals surface area contributed by atoms with Crippen LogP contribution in [0.25, 0.3) is 231 Å². The Morgan fingerprint density at radius 2 is 0.304 bits per heavy atom. The zero-order valence-corrected chi connectivity index (χ0v) is 81.2. The van der Waals surface area contributed by atoms with Crippen LogP contribution in [0.5, 0.6) is 0 Å². The van der Waals surface area contributed by atoms with E-state index in [4.69, 9.17) is 0 Å². The number of rotatable bonds is 18. The van der Waals surface area contributed by atoms with Crippen molar-refractivity contribution in [2.75, 3.05) is 9.80 Å². The van der Waals surface area contributed by atoms with Crippen molar-refractivity contribution in [1.82, 2.24) is 9.13 Å². The zero-order valence-electron chi connectivity index (χ0n) is 81.2. The van der Waals surface area contributed by atoms with Gasteiger partial charge in [0.1, 0.15) is 0 Å². The fraction of sp³-hybridized carbons (Fsp3) is 0. The number of benzene rings is 26. The summed E-state index contributed by atoms with van der Waals surface area (Å²) in [5.41, 5.74) is 37.8. The first-order chi connectivity index (χ1) is 73.5. The van der Waals surface area contributed by atoms with E-state index in [2.05, 4.69) is 601 Å². The van der Waals surface area contributed by atoms with Gasteiger partial charge in [-0.1, -0.05) is 449 Å². The normalized spacial score (nSPS) is 11.5. The van der Waals surface area contributed by atoms with E-state index < -0.39 is 0 Å². The van der Waals surface area contributed by atoms with Gasteiger partial charge in [0, 0.05) is 72.1 Å². The first kappa shape index (κ1) is 87.5. The number of para-hydroxylation sites is 2. The lowest BCUT2D eigenvalue weighted by Crippen LogP contribution is -2.11. The van der Waals surface area contributed by atoms with Crippen molar-refractivity contribution in [2.24, 2.45) is 0 Å². The Morgan fingerprint density at radius 1 is 0.108 bits per heavy atom. The second-order valence-corrected chi connectivity index (χ2v) is 38.4. The summed E-state index contributed by atoms with van der Waals surface area (Å²) in [6, 6.07) is 213. The Kier molecular flexibility index (Phi) is 22.3. The number of fused-ring (bicyclic) bond motifs is 12. The molecule has 0 fully saturated rings. The SMILES string of the molecule is c1ccc(-c2ccc(-c3c4ccccc4c(-c4c5ccccc5c(N(c5ccccc5)c5ccc(-n6c7ccc(-c8ccccc8)cc7c7cc(-c8ccccc8)ccc76)cc5)c5ccccc45)c4ccccc34)cc2)cc1.c1ccc(-c2ccc(-c3c4ccccc4c(-c4cccc(N(c5ccccc5)c5ccc(-n6c7ccc(-c8ccccc8)cc7c7cc(-c8ccccc8)ccc76)cc5)c4)c4ccccc34)cc2)cc1. The lowest BCUT2D eigenvalue weighted by Gasteiger charge is -2.30. The zero-order chi connectivity index (χ0) is 97.9. The number of hydrogen-bond donors (Lipinski definition) is 0. The molecular formula is C144H96N4. The van der Waals surface area contributed by atoms with Gasteiger partial charge in [-0.25, -0.2) is 0 Å². The average molecular weight is 1880 g/mol. The van der Waals surface area contributed by atoms with Crippen LogP contribution in [0.1, 0.15) is 0 Å². The van der Waals surface area contributed by atoms with E-state index >= 15 is 0 Å². The van der Waals surface area contributed by atoms with Crippen LogP contribution in [0.15, 0.2) is 582 Å². The van der Waals surface area contributed by atoms with Gasteiger partial charge in [0.2, 0.25) is 0 Å². The number of aromatic nitrogens is 2. The van der Waals surface area contributed by atoms with Crippen LogP contribution in [-0.2, 0) is 0 Å². The molecule has 0 N–H and O–H groups in total. The molecule has 0 bridgehead atoms. The maximum absolute atomic E-state index is 2.47. The van der Waals surface area contributed by atoms with Crippen LogP contribution < -0.4 is 9.80 Å². The van der Waals surface area contributed by atoms with E-state index in [1.54, 1.807) is 0 Å². The Bertz CT molecular complexity index is 9520. The van der Waals surface area contributed by atoms with Crippen molar-refractivity contribution in [3.63, 3.8) is 0 Å². The molecule has 4 nitrogen and oxygen atoms in total. The van der Waals surface area contributed by atoms with Crippen molar-refractivity contribution < 1.29 is 0 Å². The molecule has 28 rings (SSSR count). The first-order valence-corrected chi connectivity index (χ1v) is 51.0. The molecule has 0 amide bonds. The molecule has 0 saturated carbocycles. The summed E-state index contributed by atoms with van der Waals surface area (Å²) < 4.78 is 4.85. The third-order valence-corrected chi connectivity index (χ3v) is 29.9. The Labute approximate surface area is 860 Å². The van der Waals surface area contributed by atoms with E-state index in [0.717, 1.165) is 45.5 Å². The maximum atomic E-state index is 2.47. The molecule has 148 heavy (non-hydrogen) atoms. The van der Waals surface area contributed by atoms with Crippen LogP contribution in [0.4, 0.5) is 34.1 Å². The molecule has 0 spiro atoms. The summed E-state index contributed by atoms with van der Waals surface area (Å²) >= 11 is 0. The molecule has 0 unspecified atom stereocenters. The fourth-order valence-corrected chi connectivity index (χ4v) is 23.1. The monoisotopic (exact) mass is 1880 g/mol. The van der Waals surface area contributed by atoms with Gasteiger partial charge in [-0.05, 0) is 299 Å². The Hall–Kier alpha value is -19.5. The van der Waals surface area contributed by atoms with Gasteiger partial charge in [0.15, 0.2) is 0 Å². The minimum Gasteiger partial charge on any atom is -0.310 e. The van der Waals surface area contributed by atoms with Crippen molar-refractivity contribution >= 4 is 142 Å². The van der Waals surface area contributed by atoms with Gasteiger partial charge < -0.3 is 18.9 Å². The molecular weight excluding hydrogens is 1790 g/mol. The van der Waals surface area contributed by atoms with Crippen LogP contribution in [0.2, 0.25) is 0 Å². The largest absolute Gasteiger partial charge is 0.310 e. The minimum absolute atomic E-state index is 1.07. The second-order valence-electron chi connectivity index (χ2n) is 38.4. The van der Waals surface area contributed by atoms with Gasteiger partial charge >= 0.3 is 0 Å². The summed E-state index contributed by atoms with van der Waals surface area (Å²) in [7, 11) is 0. The molecule has 0 saturated heterocycles. The smallest absolute Gasteiger partial charge is 0.0618 e. The lowest BCUT2D eigenvalue weighted by molar-refractivity contribution is 1.17. The second kappa shape index (κ2) is 37.7. The standard InChI is InChI=1S/C76H50N2.C68H46N2/c1-5-21-51(22-6-1)54-37-39-55(40-38-54)73-61-29-13-15-31-63(61)74(64-32-16-14-30-62(64)73)75-65-33-17-19-35-67(65)76(68-36-20-18-34-66(68)75)77(58-27-11-4-12-28-58)59-43-45-60(46-44-59)78-71-47-41-56(52-23-7-2-8-24-52)49-69(71)70-50-57(42-48-72(70)78)53-25-9-3-10-26-53;1-5-18-47(19-6-1)50-32-34-51(35-33-50)67-59-28-13-15-30-61(59)68(62-31-16-14-29-60(62)67)54-24-17-27-58(44-54)69(55-25-11-4-12-26-55)56-38-40-57(41-39-56)70-65-42-36-52(48-20-7-2-8-21-48)45-63(65)64-46-53(37-43-66(64)70)49-22-9-3-10-23-49/h1-50H;1-46H. The predicted molar refractivity (Wildman–Crippen MR) is 630 cm³/mol. The Balaban J connectivity index is 0.000000147. The maximum Gasteiger partial charge on any atom is 0.0618 e. The number of anilines is 6. The first-order valence-electron chi connectivity index (χ1n) is 51.0. The quantitative estimate of drug-likeness (QED) is 0.0796. The highest BCUT2D eigenvalue weighted by atomic mass is 15.2. The van der Waals surface area contributed by atoms with E-state index in [0.29, 0.717) is 0 Å². The highest BCUT2D eigenvalue weighted by Gasteiger charge is 2.29. The Morgan fingerprint density at radius 3 is 0.601 bits per heavy atom. The lowest BCUT2D eigenvalue weighted by atomic mass is 9.82. The van der Waals surface area contributed by atoms with Gasteiger partial charge in [-0.15, -0.1) is 0 Å². The summed E-state index contributed by atoms with van der Waals surface area (Å²) in [5.74, 6) is 0. The minimum atomic E-state index is 1.07. The molecule has 26 aromatic carbocycles. The van der Waals surface area contributed by atoms with Crippen molar-refractivity contribution in [2.45, 2.75) is 0 Å². The van der Waals surface area contributed by atoms with Gasteiger partial charge in [-0.2, -0.15) is 0 Å². The summed E-state index contributed by atoms with van der Waals surface area (Å²) in [4.78, 5) is 4.85. The van der Waals surface area contributed by atoms with Crippen LogP contribution >= 0.6 is 0 Å². The highest BCUT2D eigenvalue weighted by molar-refractivity contribution is 6.31. The van der Waals surface area contributed by atoms with E-state index in [1.165, 1.54) is 220 Å². The summed E-state index contributed by atoms with van der Waals surface area (Å²) in [5, 5.41) is 19.5. The molecule has 28 aromatic rings. The van der Waals surface area contributed by atoms with E-state index in [-0.39, 0.29) is 0 Å². The summed E-state index contributed by atoms with van der Waals surface area (Å²) in [6.07, 6.45) is 0. The predicted octanol–water partition coefficient (Wildman–Crippen LogP) is 40.1. The summed E-state index contributed by atoms with van der Waals surface area (Å²) in [6.45, 7) is 0. The van der Waals surface area contributed by atoms with E-state index in [1.807, 2.05) is 0 Å². The molecule has 0 aliphatic rings. The molecule has 4 heteroatoms. The topological polar surface area (TPSA) is 16.3 Å². The molecule has 0 aliphatic heterocycles. The van der Waals surface area contributed by atoms with Crippen molar-refractivity contribution in [3.8, 4) is 123 Å². The number of nitrogens with zero attached hydrogens (tertiary/aromatic N) is 4. The highest BCUT2D eigenvalue weighted by Crippen LogP contribution is 2.55. The molecule has 0 atom stereocenters. The average Bonchev–Trinajstić information content (AvgIpc) is 0.867. The van der Waals surface area contributed by atoms with Crippen molar-refractivity contribution in [3.05, 3.63) is 582 Å². The van der Waals surface area contributed by atoms with Crippen LogP contribution in [0.3, 0.4) is 0 Å². The van der Waals surface area contributed by atoms with Gasteiger partial charge in [0.05, 0.1) is 27.8 Å². The van der Waals surface area contributed by atoms with E-state index in [9.17, 15) is 0 Å². The van der Waals surface area contributed by atoms with Gasteiger partial charge in [0.25, 0.3) is 0 Å². The van der Waals surface area contributed by atoms with Crippen molar-refractivity contribution in [1.29, 1.82) is 0 Å². The third kappa shape index (κ3) is 15.7. The number of hydrogen-bond acceptors (Lipinski definition) is 2. The molecule has 0 radical (unpaired) electrons. The molecule has 0 aliphatic carbocycles.